The number of benzene rings is 1. The molecule has 0 atom stereocenters. The number of rotatable bonds is 1. The molecule has 1 aliphatic heterocycles. The molecular formula is C17H19NS2. The molecule has 4 rings (SSSR count). The van der Waals surface area contributed by atoms with Crippen molar-refractivity contribution in [2.24, 2.45) is 0 Å². The van der Waals surface area contributed by atoms with Gasteiger partial charge in [-0.25, -0.2) is 0 Å². The Morgan fingerprint density at radius 2 is 1.65 bits per heavy atom. The minimum absolute atomic E-state index is 0.702. The molecule has 1 nitrogen and oxygen atoms in total. The number of hydrogen-bond acceptors (Lipinski definition) is 3. The van der Waals surface area contributed by atoms with E-state index >= 15 is 0 Å². The summed E-state index contributed by atoms with van der Waals surface area (Å²) in [5, 5.41) is 1.36. The van der Waals surface area contributed by atoms with Gasteiger partial charge in [0.25, 0.3) is 0 Å². The number of hydrogen-bond donors (Lipinski definition) is 0. The molecule has 3 heteroatoms. The molecule has 0 radical (unpaired) electrons. The summed E-state index contributed by atoms with van der Waals surface area (Å²) >= 11 is 4.08. The Morgan fingerprint density at radius 1 is 0.900 bits per heavy atom. The molecule has 2 aromatic rings. The van der Waals surface area contributed by atoms with Crippen molar-refractivity contribution in [3.05, 3.63) is 30.0 Å². The lowest BCUT2D eigenvalue weighted by atomic mass is 9.86. The molecule has 104 valence electrons. The zero-order valence-corrected chi connectivity index (χ0v) is 13.2. The number of thioether (sulfide) groups is 2. The van der Waals surface area contributed by atoms with Crippen LogP contribution in [0, 0.1) is 0 Å². The molecule has 0 saturated heterocycles. The van der Waals surface area contributed by atoms with Crippen molar-refractivity contribution in [2.45, 2.75) is 47.8 Å². The minimum Gasteiger partial charge on any atom is -0.251 e. The standard InChI is InChI=1S/C17H19NS2/c1-2-6-12(7-3-1)15-17-16(19-10-11-20-17)13-8-4-5-9-14(13)18-15/h4-5,8-9,12H,1-3,6-7,10-11H2. The molecule has 1 fully saturated rings. The van der Waals surface area contributed by atoms with E-state index in [9.17, 15) is 0 Å². The predicted molar refractivity (Wildman–Crippen MR) is 89.0 cm³/mol. The molecule has 1 saturated carbocycles. The highest BCUT2D eigenvalue weighted by Crippen LogP contribution is 2.46. The van der Waals surface area contributed by atoms with E-state index in [-0.39, 0.29) is 0 Å². The second-order valence-corrected chi connectivity index (χ2v) is 7.91. The van der Waals surface area contributed by atoms with Crippen LogP contribution < -0.4 is 0 Å². The third kappa shape index (κ3) is 2.25. The first-order chi connectivity index (χ1) is 9.93. The van der Waals surface area contributed by atoms with Gasteiger partial charge in [0, 0.05) is 32.6 Å². The first-order valence-corrected chi connectivity index (χ1v) is 9.59. The van der Waals surface area contributed by atoms with Gasteiger partial charge >= 0.3 is 0 Å². The van der Waals surface area contributed by atoms with Crippen LogP contribution in [0.15, 0.2) is 34.1 Å². The number of aromatic nitrogens is 1. The number of nitrogens with zero attached hydrogens (tertiary/aromatic N) is 1. The molecule has 2 aliphatic rings. The molecule has 1 aliphatic carbocycles. The third-order valence-corrected chi connectivity index (χ3v) is 7.02. The van der Waals surface area contributed by atoms with Gasteiger partial charge in [0.05, 0.1) is 11.2 Å². The van der Waals surface area contributed by atoms with Gasteiger partial charge in [-0.15, -0.1) is 23.5 Å². The summed E-state index contributed by atoms with van der Waals surface area (Å²) in [7, 11) is 0. The van der Waals surface area contributed by atoms with E-state index in [1.807, 2.05) is 23.5 Å². The Kier molecular flexibility index (Phi) is 3.65. The molecule has 0 N–H and O–H groups in total. The fourth-order valence-electron chi connectivity index (χ4n) is 3.41. The van der Waals surface area contributed by atoms with Crippen molar-refractivity contribution in [1.82, 2.24) is 4.98 Å². The SMILES string of the molecule is c1ccc2c3c(c(C4CCCCC4)nc2c1)SCCS3. The Morgan fingerprint density at radius 3 is 2.50 bits per heavy atom. The Bertz CT molecular complexity index is 632. The second-order valence-electron chi connectivity index (χ2n) is 5.70. The maximum absolute atomic E-state index is 5.08. The molecule has 20 heavy (non-hydrogen) atoms. The van der Waals surface area contributed by atoms with Crippen molar-refractivity contribution in [3.63, 3.8) is 0 Å². The lowest BCUT2D eigenvalue weighted by Gasteiger charge is -2.27. The van der Waals surface area contributed by atoms with Gasteiger partial charge in [0.15, 0.2) is 0 Å². The van der Waals surface area contributed by atoms with Crippen LogP contribution in [0.1, 0.15) is 43.7 Å². The first kappa shape index (κ1) is 13.0. The molecule has 1 aromatic heterocycles. The zero-order chi connectivity index (χ0) is 13.4. The lowest BCUT2D eigenvalue weighted by molar-refractivity contribution is 0.432. The van der Waals surface area contributed by atoms with Crippen LogP contribution in [0.5, 0.6) is 0 Å². The van der Waals surface area contributed by atoms with E-state index in [2.05, 4.69) is 24.3 Å². The summed E-state index contributed by atoms with van der Waals surface area (Å²) in [6.07, 6.45) is 6.84. The van der Waals surface area contributed by atoms with Gasteiger partial charge in [0.1, 0.15) is 0 Å². The lowest BCUT2D eigenvalue weighted by Crippen LogP contribution is -2.10. The monoisotopic (exact) mass is 301 g/mol. The van der Waals surface area contributed by atoms with Gasteiger partial charge in [-0.05, 0) is 18.9 Å². The van der Waals surface area contributed by atoms with Crippen molar-refractivity contribution < 1.29 is 0 Å². The maximum atomic E-state index is 5.08. The quantitative estimate of drug-likeness (QED) is 0.692. The van der Waals surface area contributed by atoms with Crippen LogP contribution >= 0.6 is 23.5 Å². The Balaban J connectivity index is 1.90. The second kappa shape index (κ2) is 5.61. The molecule has 0 unspecified atom stereocenters. The van der Waals surface area contributed by atoms with Crippen LogP contribution in [0.4, 0.5) is 0 Å². The summed E-state index contributed by atoms with van der Waals surface area (Å²) in [5.41, 5.74) is 2.61. The van der Waals surface area contributed by atoms with Crippen molar-refractivity contribution >= 4 is 34.4 Å². The van der Waals surface area contributed by atoms with Gasteiger partial charge in [0.2, 0.25) is 0 Å². The van der Waals surface area contributed by atoms with E-state index in [4.69, 9.17) is 4.98 Å². The summed E-state index contributed by atoms with van der Waals surface area (Å²) in [4.78, 5) is 8.09. The Labute approximate surface area is 128 Å². The first-order valence-electron chi connectivity index (χ1n) is 7.62. The largest absolute Gasteiger partial charge is 0.251 e. The third-order valence-electron chi connectivity index (χ3n) is 4.40. The predicted octanol–water partition coefficient (Wildman–Crippen LogP) is 5.48. The fraction of sp³-hybridized carbons (Fsp3) is 0.471. The summed E-state index contributed by atoms with van der Waals surface area (Å²) in [6, 6.07) is 8.68. The minimum atomic E-state index is 0.702. The average Bonchev–Trinajstić information content (AvgIpc) is 2.55. The van der Waals surface area contributed by atoms with E-state index in [0.29, 0.717) is 5.92 Å². The molecule has 0 spiro atoms. The molecular weight excluding hydrogens is 282 g/mol. The van der Waals surface area contributed by atoms with Crippen LogP contribution in [-0.4, -0.2) is 16.5 Å². The molecule has 0 amide bonds. The van der Waals surface area contributed by atoms with Crippen LogP contribution in [0.25, 0.3) is 10.9 Å². The van der Waals surface area contributed by atoms with Crippen molar-refractivity contribution in [1.29, 1.82) is 0 Å². The molecule has 1 aromatic carbocycles. The van der Waals surface area contributed by atoms with Crippen LogP contribution in [0.3, 0.4) is 0 Å². The van der Waals surface area contributed by atoms with Gasteiger partial charge < -0.3 is 0 Å². The van der Waals surface area contributed by atoms with Gasteiger partial charge in [-0.1, -0.05) is 37.5 Å². The number of para-hydroxylation sites is 1. The van der Waals surface area contributed by atoms with Gasteiger partial charge in [-0.3, -0.25) is 4.98 Å². The molecule has 2 heterocycles. The topological polar surface area (TPSA) is 12.9 Å². The smallest absolute Gasteiger partial charge is 0.0717 e. The summed E-state index contributed by atoms with van der Waals surface area (Å²) < 4.78 is 0. The van der Waals surface area contributed by atoms with E-state index in [0.717, 1.165) is 0 Å². The van der Waals surface area contributed by atoms with Crippen LogP contribution in [-0.2, 0) is 0 Å². The maximum Gasteiger partial charge on any atom is 0.0717 e. The Hall–Kier alpha value is -0.670. The number of fused-ring (bicyclic) bond motifs is 3. The summed E-state index contributed by atoms with van der Waals surface area (Å²) in [6.45, 7) is 0. The highest BCUT2D eigenvalue weighted by molar-refractivity contribution is 8.05. The zero-order valence-electron chi connectivity index (χ0n) is 11.6. The highest BCUT2D eigenvalue weighted by Gasteiger charge is 2.25. The summed E-state index contributed by atoms with van der Waals surface area (Å²) in [5.74, 6) is 3.17. The van der Waals surface area contributed by atoms with Crippen LogP contribution in [0.2, 0.25) is 0 Å². The van der Waals surface area contributed by atoms with E-state index in [1.165, 1.54) is 70.0 Å². The van der Waals surface area contributed by atoms with E-state index in [1.54, 1.807) is 0 Å². The fourth-order valence-corrected chi connectivity index (χ4v) is 6.00. The molecule has 0 bridgehead atoms. The van der Waals surface area contributed by atoms with Crippen molar-refractivity contribution in [2.75, 3.05) is 11.5 Å². The average molecular weight is 301 g/mol. The number of pyridine rings is 1. The van der Waals surface area contributed by atoms with Gasteiger partial charge in [-0.2, -0.15) is 0 Å². The van der Waals surface area contributed by atoms with Crippen molar-refractivity contribution in [3.8, 4) is 0 Å². The highest BCUT2D eigenvalue weighted by atomic mass is 32.2. The normalized spacial score (nSPS) is 20.0. The van der Waals surface area contributed by atoms with E-state index < -0.39 is 0 Å².